The standard InChI is InChI=1S/C74H142O6/c1-4-7-10-13-16-19-22-25-28-30-31-32-33-34-35-36-37-38-39-40-41-42-43-45-46-49-52-55-58-61-64-67-73(76)79-70-71(69-78-72(75)66-63-60-57-54-51-48-27-24-21-18-15-12-9-6-3)80-74(77)68-65-62-59-56-53-50-47-44-29-26-23-20-17-14-11-8-5-2/h30-31,71H,4-29,32-70H2,1-3H3/b31-30-. The fourth-order valence-corrected chi connectivity index (χ4v) is 11.5. The molecule has 6 heteroatoms. The molecule has 0 saturated heterocycles. The summed E-state index contributed by atoms with van der Waals surface area (Å²) in [6.07, 6.45) is 84.0. The third kappa shape index (κ3) is 66.9. The molecule has 6 nitrogen and oxygen atoms in total. The van der Waals surface area contributed by atoms with Crippen LogP contribution in [0.2, 0.25) is 0 Å². The number of carbonyl (C=O) groups is 3. The van der Waals surface area contributed by atoms with Crippen LogP contribution in [0.15, 0.2) is 12.2 Å². The lowest BCUT2D eigenvalue weighted by atomic mass is 10.0. The fourth-order valence-electron chi connectivity index (χ4n) is 11.5. The Balaban J connectivity index is 4.12. The maximum Gasteiger partial charge on any atom is 0.306 e. The summed E-state index contributed by atoms with van der Waals surface area (Å²) in [6, 6.07) is 0. The van der Waals surface area contributed by atoms with Crippen LogP contribution >= 0.6 is 0 Å². The molecule has 1 atom stereocenters. The lowest BCUT2D eigenvalue weighted by molar-refractivity contribution is -0.167. The van der Waals surface area contributed by atoms with Crippen molar-refractivity contribution < 1.29 is 28.6 Å². The second-order valence-electron chi connectivity index (χ2n) is 25.2. The van der Waals surface area contributed by atoms with Crippen LogP contribution in [0.1, 0.15) is 425 Å². The van der Waals surface area contributed by atoms with E-state index < -0.39 is 6.10 Å². The monoisotopic (exact) mass is 1130 g/mol. The first-order chi connectivity index (χ1) is 39.5. The molecule has 0 aliphatic rings. The van der Waals surface area contributed by atoms with Crippen LogP contribution in [-0.4, -0.2) is 37.2 Å². The summed E-state index contributed by atoms with van der Waals surface area (Å²) in [5.74, 6) is -0.823. The Hall–Kier alpha value is -1.85. The van der Waals surface area contributed by atoms with Gasteiger partial charge in [-0.3, -0.25) is 14.4 Å². The topological polar surface area (TPSA) is 78.9 Å². The summed E-state index contributed by atoms with van der Waals surface area (Å²) in [7, 11) is 0. The van der Waals surface area contributed by atoms with Crippen molar-refractivity contribution in [3.05, 3.63) is 12.2 Å². The molecule has 0 aromatic carbocycles. The predicted molar refractivity (Wildman–Crippen MR) is 349 cm³/mol. The fraction of sp³-hybridized carbons (Fsp3) is 0.932. The Morgan fingerprint density at radius 3 is 0.625 bits per heavy atom. The predicted octanol–water partition coefficient (Wildman–Crippen LogP) is 25.2. The molecule has 474 valence electrons. The van der Waals surface area contributed by atoms with Gasteiger partial charge in [0.15, 0.2) is 6.10 Å². The van der Waals surface area contributed by atoms with E-state index in [0.717, 1.165) is 57.8 Å². The first-order valence-corrected chi connectivity index (χ1v) is 36.7. The maximum atomic E-state index is 12.9. The summed E-state index contributed by atoms with van der Waals surface area (Å²) in [4.78, 5) is 38.4. The average molecular weight is 1130 g/mol. The largest absolute Gasteiger partial charge is 0.462 e. The minimum Gasteiger partial charge on any atom is -0.462 e. The number of unbranched alkanes of at least 4 members (excludes halogenated alkanes) is 56. The minimum atomic E-state index is -0.765. The van der Waals surface area contributed by atoms with Crippen LogP contribution in [0.5, 0.6) is 0 Å². The van der Waals surface area contributed by atoms with Gasteiger partial charge in [-0.15, -0.1) is 0 Å². The number of ether oxygens (including phenoxy) is 3. The number of hydrogen-bond donors (Lipinski definition) is 0. The number of carbonyl (C=O) groups excluding carboxylic acids is 3. The Bertz CT molecular complexity index is 1250. The molecule has 0 fully saturated rings. The number of allylic oxidation sites excluding steroid dienone is 2. The van der Waals surface area contributed by atoms with E-state index in [1.165, 1.54) is 327 Å². The van der Waals surface area contributed by atoms with Gasteiger partial charge in [0, 0.05) is 19.3 Å². The molecule has 0 aliphatic heterocycles. The summed E-state index contributed by atoms with van der Waals surface area (Å²) < 4.78 is 17.0. The van der Waals surface area contributed by atoms with Gasteiger partial charge in [0.2, 0.25) is 0 Å². The Morgan fingerprint density at radius 2 is 0.412 bits per heavy atom. The van der Waals surface area contributed by atoms with Gasteiger partial charge in [-0.2, -0.15) is 0 Å². The molecule has 0 bridgehead atoms. The highest BCUT2D eigenvalue weighted by Gasteiger charge is 2.20. The number of hydrogen-bond acceptors (Lipinski definition) is 6. The van der Waals surface area contributed by atoms with Crippen molar-refractivity contribution >= 4 is 17.9 Å². The molecule has 80 heavy (non-hydrogen) atoms. The van der Waals surface area contributed by atoms with Crippen LogP contribution in [0, 0.1) is 0 Å². The van der Waals surface area contributed by atoms with E-state index in [1.807, 2.05) is 0 Å². The lowest BCUT2D eigenvalue weighted by Gasteiger charge is -2.18. The Morgan fingerprint density at radius 1 is 0.237 bits per heavy atom. The molecule has 1 unspecified atom stereocenters. The van der Waals surface area contributed by atoms with Gasteiger partial charge in [-0.05, 0) is 44.9 Å². The molecule has 0 rings (SSSR count). The molecule has 0 N–H and O–H groups in total. The summed E-state index contributed by atoms with van der Waals surface area (Å²) in [5, 5.41) is 0. The van der Waals surface area contributed by atoms with Gasteiger partial charge < -0.3 is 14.2 Å². The minimum absolute atomic E-state index is 0.0617. The van der Waals surface area contributed by atoms with Crippen molar-refractivity contribution in [1.82, 2.24) is 0 Å². The molecule has 0 amide bonds. The number of rotatable bonds is 69. The van der Waals surface area contributed by atoms with Crippen LogP contribution < -0.4 is 0 Å². The van der Waals surface area contributed by atoms with Crippen LogP contribution in [0.25, 0.3) is 0 Å². The second-order valence-corrected chi connectivity index (χ2v) is 25.2. The quantitative estimate of drug-likeness (QED) is 0.0261. The van der Waals surface area contributed by atoms with Gasteiger partial charge in [0.25, 0.3) is 0 Å². The molecule has 0 radical (unpaired) electrons. The highest BCUT2D eigenvalue weighted by molar-refractivity contribution is 5.71. The van der Waals surface area contributed by atoms with Crippen molar-refractivity contribution in [1.29, 1.82) is 0 Å². The Labute approximate surface area is 501 Å². The van der Waals surface area contributed by atoms with Crippen molar-refractivity contribution in [2.45, 2.75) is 431 Å². The van der Waals surface area contributed by atoms with E-state index in [0.29, 0.717) is 19.3 Å². The first-order valence-electron chi connectivity index (χ1n) is 36.7. The van der Waals surface area contributed by atoms with Gasteiger partial charge in [0.1, 0.15) is 13.2 Å². The smallest absolute Gasteiger partial charge is 0.306 e. The number of esters is 3. The summed E-state index contributed by atoms with van der Waals surface area (Å²) in [5.41, 5.74) is 0. The van der Waals surface area contributed by atoms with E-state index in [4.69, 9.17) is 14.2 Å². The van der Waals surface area contributed by atoms with Crippen molar-refractivity contribution in [3.8, 4) is 0 Å². The second kappa shape index (κ2) is 69.6. The molecule has 0 saturated carbocycles. The molecule has 0 aliphatic carbocycles. The SMILES string of the molecule is CCCCCCCCCC/C=C\CCCCCCCCCCCCCCCCCCCCCC(=O)OCC(COC(=O)CCCCCCCCCCCCCCCC)OC(=O)CCCCCCCCCCCCCCCCCCC. The van der Waals surface area contributed by atoms with E-state index in [1.54, 1.807) is 0 Å². The average Bonchev–Trinajstić information content (AvgIpc) is 3.46. The van der Waals surface area contributed by atoms with Gasteiger partial charge in [-0.1, -0.05) is 373 Å². The van der Waals surface area contributed by atoms with E-state index >= 15 is 0 Å². The Kier molecular flexibility index (Phi) is 68.0. The van der Waals surface area contributed by atoms with Crippen molar-refractivity contribution in [2.24, 2.45) is 0 Å². The van der Waals surface area contributed by atoms with Gasteiger partial charge in [-0.25, -0.2) is 0 Å². The van der Waals surface area contributed by atoms with Gasteiger partial charge >= 0.3 is 17.9 Å². The third-order valence-electron chi connectivity index (χ3n) is 17.0. The molecule has 0 aromatic rings. The van der Waals surface area contributed by atoms with E-state index in [-0.39, 0.29) is 31.1 Å². The highest BCUT2D eigenvalue weighted by Crippen LogP contribution is 2.19. The zero-order chi connectivity index (χ0) is 57.8. The van der Waals surface area contributed by atoms with Crippen molar-refractivity contribution in [2.75, 3.05) is 13.2 Å². The molecular weight excluding hydrogens is 985 g/mol. The van der Waals surface area contributed by atoms with Crippen LogP contribution in [-0.2, 0) is 28.6 Å². The molecular formula is C74H142O6. The zero-order valence-corrected chi connectivity index (χ0v) is 54.6. The van der Waals surface area contributed by atoms with Crippen molar-refractivity contribution in [3.63, 3.8) is 0 Å². The summed E-state index contributed by atoms with van der Waals surface area (Å²) >= 11 is 0. The van der Waals surface area contributed by atoms with Gasteiger partial charge in [0.05, 0.1) is 0 Å². The molecule has 0 aromatic heterocycles. The van der Waals surface area contributed by atoms with Crippen LogP contribution in [0.3, 0.4) is 0 Å². The highest BCUT2D eigenvalue weighted by atomic mass is 16.6. The summed E-state index contributed by atoms with van der Waals surface area (Å²) in [6.45, 7) is 6.73. The molecule has 0 heterocycles. The van der Waals surface area contributed by atoms with E-state index in [2.05, 4.69) is 32.9 Å². The zero-order valence-electron chi connectivity index (χ0n) is 54.6. The molecule has 0 spiro atoms. The van der Waals surface area contributed by atoms with Crippen LogP contribution in [0.4, 0.5) is 0 Å². The normalized spacial score (nSPS) is 12.0. The lowest BCUT2D eigenvalue weighted by Crippen LogP contribution is -2.30. The first kappa shape index (κ1) is 78.1. The third-order valence-corrected chi connectivity index (χ3v) is 17.0. The van der Waals surface area contributed by atoms with E-state index in [9.17, 15) is 14.4 Å². The maximum absolute atomic E-state index is 12.9.